The van der Waals surface area contributed by atoms with Crippen molar-refractivity contribution in [2.45, 2.75) is 13.8 Å². The molecule has 1 aromatic heterocycles. The summed E-state index contributed by atoms with van der Waals surface area (Å²) in [5.41, 5.74) is 2.54. The van der Waals surface area contributed by atoms with Crippen LogP contribution in [0.3, 0.4) is 0 Å². The molecule has 0 spiro atoms. The molecule has 6 heteroatoms. The first-order valence-corrected chi connectivity index (χ1v) is 8.06. The first-order chi connectivity index (χ1) is 11.4. The van der Waals surface area contributed by atoms with E-state index in [4.69, 9.17) is 0 Å². The van der Waals surface area contributed by atoms with E-state index >= 15 is 0 Å². The number of benzene rings is 2. The van der Waals surface area contributed by atoms with Gasteiger partial charge in [0.25, 0.3) is 5.91 Å². The van der Waals surface area contributed by atoms with Crippen LogP contribution in [0.25, 0.3) is 10.6 Å². The Morgan fingerprint density at radius 2 is 1.71 bits per heavy atom. The molecule has 3 aromatic rings. The molecular formula is C18H14F2N2OS. The van der Waals surface area contributed by atoms with Crippen LogP contribution in [-0.2, 0) is 0 Å². The lowest BCUT2D eigenvalue weighted by molar-refractivity contribution is 0.102. The number of hydrogen-bond donors (Lipinski definition) is 1. The Labute approximate surface area is 142 Å². The quantitative estimate of drug-likeness (QED) is 0.730. The smallest absolute Gasteiger partial charge is 0.267 e. The molecular weight excluding hydrogens is 330 g/mol. The fourth-order valence-corrected chi connectivity index (χ4v) is 3.24. The number of halogens is 2. The maximum atomic E-state index is 13.1. The lowest BCUT2D eigenvalue weighted by Gasteiger charge is -2.07. The Kier molecular flexibility index (Phi) is 4.40. The second-order valence-electron chi connectivity index (χ2n) is 5.35. The number of carbonyl (C=O) groups excluding carboxylic acids is 1. The molecule has 2 aromatic carbocycles. The summed E-state index contributed by atoms with van der Waals surface area (Å²) in [5, 5.41) is 3.42. The van der Waals surface area contributed by atoms with E-state index in [1.165, 1.54) is 41.7 Å². The molecule has 0 atom stereocenters. The minimum Gasteiger partial charge on any atom is -0.321 e. The molecule has 0 aliphatic rings. The third kappa shape index (κ3) is 3.33. The Morgan fingerprint density at radius 3 is 2.38 bits per heavy atom. The Morgan fingerprint density at radius 1 is 1.04 bits per heavy atom. The minimum absolute atomic E-state index is 0.298. The molecule has 0 aliphatic heterocycles. The zero-order chi connectivity index (χ0) is 17.3. The molecule has 122 valence electrons. The summed E-state index contributed by atoms with van der Waals surface area (Å²) in [6.07, 6.45) is 0. The molecule has 1 amide bonds. The number of amides is 1. The van der Waals surface area contributed by atoms with Gasteiger partial charge in [-0.1, -0.05) is 0 Å². The number of hydrogen-bond acceptors (Lipinski definition) is 3. The molecule has 0 radical (unpaired) electrons. The molecule has 0 unspecified atom stereocenters. The number of aryl methyl sites for hydroxylation is 2. The van der Waals surface area contributed by atoms with E-state index in [1.54, 1.807) is 26.0 Å². The van der Waals surface area contributed by atoms with Gasteiger partial charge in [0.15, 0.2) is 0 Å². The van der Waals surface area contributed by atoms with Crippen molar-refractivity contribution < 1.29 is 13.6 Å². The van der Waals surface area contributed by atoms with E-state index < -0.39 is 0 Å². The lowest BCUT2D eigenvalue weighted by atomic mass is 10.2. The first kappa shape index (κ1) is 16.3. The van der Waals surface area contributed by atoms with Gasteiger partial charge in [0.2, 0.25) is 0 Å². The number of rotatable bonds is 3. The van der Waals surface area contributed by atoms with Crippen LogP contribution >= 0.6 is 11.3 Å². The van der Waals surface area contributed by atoms with E-state index in [-0.39, 0.29) is 17.5 Å². The summed E-state index contributed by atoms with van der Waals surface area (Å²) in [7, 11) is 0. The van der Waals surface area contributed by atoms with Crippen LogP contribution < -0.4 is 5.32 Å². The summed E-state index contributed by atoms with van der Waals surface area (Å²) in [6, 6.07) is 10.1. The highest BCUT2D eigenvalue weighted by molar-refractivity contribution is 7.17. The van der Waals surface area contributed by atoms with Crippen LogP contribution in [0.5, 0.6) is 0 Å². The van der Waals surface area contributed by atoms with Gasteiger partial charge in [-0.25, -0.2) is 13.8 Å². The highest BCUT2D eigenvalue weighted by Crippen LogP contribution is 2.29. The van der Waals surface area contributed by atoms with Gasteiger partial charge in [-0.2, -0.15) is 0 Å². The van der Waals surface area contributed by atoms with E-state index in [9.17, 15) is 13.6 Å². The van der Waals surface area contributed by atoms with Crippen LogP contribution in [0.4, 0.5) is 14.5 Å². The van der Waals surface area contributed by atoms with Crippen LogP contribution in [-0.4, -0.2) is 10.9 Å². The normalized spacial score (nSPS) is 10.7. The van der Waals surface area contributed by atoms with Gasteiger partial charge >= 0.3 is 0 Å². The van der Waals surface area contributed by atoms with Gasteiger partial charge in [0.1, 0.15) is 21.5 Å². The first-order valence-electron chi connectivity index (χ1n) is 7.25. The van der Waals surface area contributed by atoms with Crippen molar-refractivity contribution in [2.24, 2.45) is 0 Å². The van der Waals surface area contributed by atoms with E-state index in [0.29, 0.717) is 26.8 Å². The molecule has 3 nitrogen and oxygen atoms in total. The predicted octanol–water partition coefficient (Wildman–Crippen LogP) is 4.96. The summed E-state index contributed by atoms with van der Waals surface area (Å²) in [5.74, 6) is -0.970. The summed E-state index contributed by atoms with van der Waals surface area (Å²) in [6.45, 7) is 3.47. The van der Waals surface area contributed by atoms with E-state index in [0.717, 1.165) is 5.56 Å². The van der Waals surface area contributed by atoms with Crippen molar-refractivity contribution in [1.82, 2.24) is 4.98 Å². The van der Waals surface area contributed by atoms with Gasteiger partial charge in [-0.05, 0) is 61.9 Å². The van der Waals surface area contributed by atoms with Gasteiger partial charge in [-0.3, -0.25) is 4.79 Å². The van der Waals surface area contributed by atoms with Gasteiger partial charge in [0.05, 0.1) is 5.69 Å². The van der Waals surface area contributed by atoms with Crippen LogP contribution in [0.15, 0.2) is 42.5 Å². The summed E-state index contributed by atoms with van der Waals surface area (Å²) >= 11 is 1.24. The Bertz CT molecular complexity index is 904. The maximum Gasteiger partial charge on any atom is 0.267 e. The maximum absolute atomic E-state index is 13.1. The number of carbonyl (C=O) groups is 1. The highest BCUT2D eigenvalue weighted by atomic mass is 32.1. The average molecular weight is 344 g/mol. The standard InChI is InChI=1S/C18H14F2N2OS/c1-10-9-14(20)7-8-15(10)22-17(23)16-11(2)21-18(24-16)12-3-5-13(19)6-4-12/h3-9H,1-2H3,(H,22,23). The minimum atomic E-state index is -0.349. The molecule has 0 saturated heterocycles. The number of aromatic nitrogens is 1. The Hall–Kier alpha value is -2.60. The van der Waals surface area contributed by atoms with Crippen LogP contribution in [0, 0.1) is 25.5 Å². The van der Waals surface area contributed by atoms with E-state index in [1.807, 2.05) is 0 Å². The Balaban J connectivity index is 1.86. The second-order valence-corrected chi connectivity index (χ2v) is 6.35. The molecule has 1 N–H and O–H groups in total. The molecule has 0 saturated carbocycles. The summed E-state index contributed by atoms with van der Waals surface area (Å²) in [4.78, 5) is 17.3. The SMILES string of the molecule is Cc1cc(F)ccc1NC(=O)c1sc(-c2ccc(F)cc2)nc1C. The van der Waals surface area contributed by atoms with Gasteiger partial charge < -0.3 is 5.32 Å². The topological polar surface area (TPSA) is 42.0 Å². The van der Waals surface area contributed by atoms with Crippen LogP contribution in [0.2, 0.25) is 0 Å². The van der Waals surface area contributed by atoms with Crippen molar-refractivity contribution in [3.05, 3.63) is 70.2 Å². The molecule has 24 heavy (non-hydrogen) atoms. The predicted molar refractivity (Wildman–Crippen MR) is 91.3 cm³/mol. The molecule has 0 fully saturated rings. The average Bonchev–Trinajstić information content (AvgIpc) is 2.93. The van der Waals surface area contributed by atoms with Gasteiger partial charge in [0, 0.05) is 11.3 Å². The largest absolute Gasteiger partial charge is 0.321 e. The number of anilines is 1. The van der Waals surface area contributed by atoms with Crippen molar-refractivity contribution >= 4 is 22.9 Å². The molecule has 3 rings (SSSR count). The fourth-order valence-electron chi connectivity index (χ4n) is 2.27. The highest BCUT2D eigenvalue weighted by Gasteiger charge is 2.17. The van der Waals surface area contributed by atoms with Gasteiger partial charge in [-0.15, -0.1) is 11.3 Å². The molecule has 0 bridgehead atoms. The zero-order valence-electron chi connectivity index (χ0n) is 13.1. The third-order valence-electron chi connectivity index (χ3n) is 3.53. The molecule has 1 heterocycles. The summed E-state index contributed by atoms with van der Waals surface area (Å²) < 4.78 is 26.2. The number of nitrogens with zero attached hydrogens (tertiary/aromatic N) is 1. The van der Waals surface area contributed by atoms with Crippen molar-refractivity contribution in [2.75, 3.05) is 5.32 Å². The van der Waals surface area contributed by atoms with Crippen molar-refractivity contribution in [3.8, 4) is 10.6 Å². The number of thiazole rings is 1. The monoisotopic (exact) mass is 344 g/mol. The third-order valence-corrected chi connectivity index (χ3v) is 4.74. The van der Waals surface area contributed by atoms with E-state index in [2.05, 4.69) is 10.3 Å². The van der Waals surface area contributed by atoms with Crippen molar-refractivity contribution in [1.29, 1.82) is 0 Å². The number of nitrogens with one attached hydrogen (secondary N) is 1. The molecule has 0 aliphatic carbocycles. The second kappa shape index (κ2) is 6.49. The lowest BCUT2D eigenvalue weighted by Crippen LogP contribution is -2.12. The zero-order valence-corrected chi connectivity index (χ0v) is 13.9. The van der Waals surface area contributed by atoms with Crippen LogP contribution in [0.1, 0.15) is 20.9 Å². The fraction of sp³-hybridized carbons (Fsp3) is 0.111. The van der Waals surface area contributed by atoms with Crippen molar-refractivity contribution in [3.63, 3.8) is 0 Å².